The quantitative estimate of drug-likeness (QED) is 0.909. The maximum atomic E-state index is 5.83. The van der Waals surface area contributed by atoms with Gasteiger partial charge in [-0.3, -0.25) is 0 Å². The van der Waals surface area contributed by atoms with E-state index in [0.717, 1.165) is 16.7 Å². The first-order chi connectivity index (χ1) is 8.64. The van der Waals surface area contributed by atoms with Gasteiger partial charge in [-0.05, 0) is 32.0 Å². The lowest BCUT2D eigenvalue weighted by atomic mass is 10.2. The Labute approximate surface area is 106 Å². The van der Waals surface area contributed by atoms with Crippen molar-refractivity contribution in [1.29, 1.82) is 0 Å². The van der Waals surface area contributed by atoms with Crippen LogP contribution in [0.25, 0.3) is 10.9 Å². The van der Waals surface area contributed by atoms with E-state index in [1.54, 1.807) is 0 Å². The van der Waals surface area contributed by atoms with Gasteiger partial charge in [0.15, 0.2) is 5.79 Å². The number of ether oxygens (including phenoxy) is 3. The minimum Gasteiger partial charge on any atom is -0.490 e. The molecular weight excluding hydrogens is 232 g/mol. The van der Waals surface area contributed by atoms with Gasteiger partial charge in [-0.15, -0.1) is 0 Å². The monoisotopic (exact) mass is 249 g/mol. The lowest BCUT2D eigenvalue weighted by molar-refractivity contribution is -0.141. The zero-order valence-electron chi connectivity index (χ0n) is 10.6. The van der Waals surface area contributed by atoms with E-state index in [1.807, 2.05) is 44.3 Å². The topological polar surface area (TPSA) is 43.5 Å². The van der Waals surface area contributed by atoms with Crippen LogP contribution >= 0.6 is 0 Å². The summed E-state index contributed by atoms with van der Waals surface area (Å²) in [6.45, 7) is 4.92. The fourth-order valence-electron chi connectivity index (χ4n) is 2.21. The summed E-state index contributed by atoms with van der Waals surface area (Å²) in [6, 6.07) is 7.99. The molecule has 1 fully saturated rings. The van der Waals surface area contributed by atoms with Gasteiger partial charge in [0.1, 0.15) is 18.5 Å². The lowest BCUT2D eigenvalue weighted by Gasteiger charge is -2.17. The van der Waals surface area contributed by atoms with Gasteiger partial charge in [0.05, 0.1) is 6.61 Å². The average Bonchev–Trinajstić information content (AvgIpc) is 2.92. The third kappa shape index (κ3) is 2.21. The van der Waals surface area contributed by atoms with E-state index in [-0.39, 0.29) is 6.10 Å². The van der Waals surface area contributed by atoms with Crippen LogP contribution in [0, 0.1) is 0 Å². The van der Waals surface area contributed by atoms with Crippen molar-refractivity contribution >= 4 is 10.9 Å². The van der Waals surface area contributed by atoms with E-state index >= 15 is 0 Å². The van der Waals surface area contributed by atoms with Crippen molar-refractivity contribution in [3.63, 3.8) is 0 Å². The summed E-state index contributed by atoms with van der Waals surface area (Å²) in [4.78, 5) is 3.17. The highest BCUT2D eigenvalue weighted by molar-refractivity contribution is 5.85. The van der Waals surface area contributed by atoms with Crippen LogP contribution in [-0.2, 0) is 9.47 Å². The minimum absolute atomic E-state index is 0.00537. The molecule has 1 aliphatic heterocycles. The Bertz CT molecular complexity index is 547. The number of aromatic amines is 1. The van der Waals surface area contributed by atoms with Gasteiger partial charge in [-0.1, -0.05) is 6.07 Å². The minimum atomic E-state index is -0.492. The molecule has 1 aromatic carbocycles. The van der Waals surface area contributed by atoms with E-state index in [1.165, 1.54) is 0 Å². The lowest BCUT2D eigenvalue weighted by Crippen LogP contribution is -2.25. The highest BCUT2D eigenvalue weighted by Gasteiger charge is 2.32. The Morgan fingerprint density at radius 2 is 2.28 bits per heavy atom. The first-order valence-electron chi connectivity index (χ1n) is 6.15. The zero-order chi connectivity index (χ0) is 12.6. The summed E-state index contributed by atoms with van der Waals surface area (Å²) in [7, 11) is 0. The van der Waals surface area contributed by atoms with Crippen LogP contribution in [0.1, 0.15) is 13.8 Å². The Kier molecular flexibility index (Phi) is 2.76. The molecule has 4 nitrogen and oxygen atoms in total. The molecule has 0 bridgehead atoms. The van der Waals surface area contributed by atoms with Crippen LogP contribution in [0.2, 0.25) is 0 Å². The Balaban J connectivity index is 1.69. The number of benzene rings is 1. The number of fused-ring (bicyclic) bond motifs is 1. The van der Waals surface area contributed by atoms with E-state index in [9.17, 15) is 0 Å². The van der Waals surface area contributed by atoms with Crippen LogP contribution in [0.4, 0.5) is 0 Å². The standard InChI is InChI=1S/C14H17NO3/c1-14(2)17-9-10(18-14)8-16-13-5-3-4-12-11(13)6-7-15-12/h3-7,10,15H,8-9H2,1-2H3/t10-/m1/s1/i9+2. The molecule has 3 rings (SSSR count). The summed E-state index contributed by atoms with van der Waals surface area (Å²) in [5.41, 5.74) is 1.08. The predicted molar refractivity (Wildman–Crippen MR) is 68.7 cm³/mol. The molecule has 2 aromatic rings. The second kappa shape index (κ2) is 4.30. The maximum absolute atomic E-state index is 5.83. The first-order valence-corrected chi connectivity index (χ1v) is 6.15. The van der Waals surface area contributed by atoms with Crippen molar-refractivity contribution in [2.45, 2.75) is 25.7 Å². The predicted octanol–water partition coefficient (Wildman–Crippen LogP) is 2.70. The molecule has 4 heteroatoms. The van der Waals surface area contributed by atoms with Gasteiger partial charge in [0.25, 0.3) is 0 Å². The molecule has 1 aliphatic rings. The fraction of sp³-hybridized carbons (Fsp3) is 0.429. The third-order valence-corrected chi connectivity index (χ3v) is 3.05. The molecule has 96 valence electrons. The molecule has 0 unspecified atom stereocenters. The van der Waals surface area contributed by atoms with Crippen molar-refractivity contribution in [1.82, 2.24) is 4.98 Å². The molecule has 18 heavy (non-hydrogen) atoms. The van der Waals surface area contributed by atoms with Gasteiger partial charge in [0, 0.05) is 17.1 Å². The number of rotatable bonds is 3. The van der Waals surface area contributed by atoms with Gasteiger partial charge < -0.3 is 19.2 Å². The van der Waals surface area contributed by atoms with Crippen molar-refractivity contribution in [3.05, 3.63) is 30.5 Å². The highest BCUT2D eigenvalue weighted by atomic mass is 16.9. The second-order valence-electron chi connectivity index (χ2n) is 4.96. The molecular formula is C14H17NO3. The van der Waals surface area contributed by atoms with Crippen molar-refractivity contribution in [2.24, 2.45) is 0 Å². The van der Waals surface area contributed by atoms with Gasteiger partial charge in [-0.25, -0.2) is 0 Å². The van der Waals surface area contributed by atoms with Gasteiger partial charge in [-0.2, -0.15) is 0 Å². The second-order valence-corrected chi connectivity index (χ2v) is 4.96. The van der Waals surface area contributed by atoms with E-state index in [4.69, 9.17) is 14.2 Å². The van der Waals surface area contributed by atoms with Gasteiger partial charge >= 0.3 is 0 Å². The van der Waals surface area contributed by atoms with E-state index in [2.05, 4.69) is 4.98 Å². The molecule has 0 saturated carbocycles. The largest absolute Gasteiger partial charge is 0.490 e. The summed E-state index contributed by atoms with van der Waals surface area (Å²) in [5.74, 6) is 0.385. The van der Waals surface area contributed by atoms with Crippen LogP contribution in [0.5, 0.6) is 5.75 Å². The third-order valence-electron chi connectivity index (χ3n) is 3.05. The molecule has 0 spiro atoms. The number of nitrogens with one attached hydrogen (secondary N) is 1. The van der Waals surface area contributed by atoms with Crippen LogP contribution < -0.4 is 4.74 Å². The van der Waals surface area contributed by atoms with E-state index < -0.39 is 5.79 Å². The van der Waals surface area contributed by atoms with Crippen LogP contribution in [-0.4, -0.2) is 30.1 Å². The van der Waals surface area contributed by atoms with Crippen molar-refractivity contribution < 1.29 is 14.2 Å². The van der Waals surface area contributed by atoms with E-state index in [0.29, 0.717) is 13.2 Å². The molecule has 0 amide bonds. The molecule has 1 atom stereocenters. The molecule has 2 heterocycles. The average molecular weight is 249 g/mol. The summed E-state index contributed by atoms with van der Waals surface area (Å²) in [6.07, 6.45) is 1.91. The van der Waals surface area contributed by atoms with Crippen LogP contribution in [0.15, 0.2) is 30.5 Å². The molecule has 1 aromatic heterocycles. The SMILES string of the molecule is CC1(C)O[14CH2][C@@H](COc2cccc3[nH]ccc23)O1. The Morgan fingerprint density at radius 1 is 1.39 bits per heavy atom. The molecule has 1 N–H and O–H groups in total. The Hall–Kier alpha value is -1.52. The summed E-state index contributed by atoms with van der Waals surface area (Å²) in [5, 5.41) is 1.09. The molecule has 0 radical (unpaired) electrons. The van der Waals surface area contributed by atoms with Crippen molar-refractivity contribution in [2.75, 3.05) is 13.2 Å². The number of hydrogen-bond acceptors (Lipinski definition) is 3. The summed E-state index contributed by atoms with van der Waals surface area (Å²) < 4.78 is 17.0. The molecule has 0 aliphatic carbocycles. The zero-order valence-corrected chi connectivity index (χ0v) is 10.6. The normalized spacial score (nSPS) is 22.4. The number of H-pyrrole nitrogens is 1. The Morgan fingerprint density at radius 3 is 3.06 bits per heavy atom. The maximum Gasteiger partial charge on any atom is 0.163 e. The van der Waals surface area contributed by atoms with Gasteiger partial charge in [0.2, 0.25) is 0 Å². The van der Waals surface area contributed by atoms with Crippen LogP contribution in [0.3, 0.4) is 0 Å². The summed E-state index contributed by atoms with van der Waals surface area (Å²) >= 11 is 0. The number of aromatic nitrogens is 1. The first kappa shape index (κ1) is 11.6. The van der Waals surface area contributed by atoms with Crippen molar-refractivity contribution in [3.8, 4) is 5.75 Å². The number of hydrogen-bond donors (Lipinski definition) is 1. The highest BCUT2D eigenvalue weighted by Crippen LogP contribution is 2.26. The molecule has 1 saturated heterocycles. The smallest absolute Gasteiger partial charge is 0.163 e. The fourth-order valence-corrected chi connectivity index (χ4v) is 2.21.